The van der Waals surface area contributed by atoms with Gasteiger partial charge in [-0.2, -0.15) is 0 Å². The number of H-pyrrole nitrogens is 1. The molecule has 1 fully saturated rings. The molecule has 1 aromatic carbocycles. The Bertz CT molecular complexity index is 1120. The van der Waals surface area contributed by atoms with E-state index in [2.05, 4.69) is 10.3 Å². The molecule has 1 amide bonds. The summed E-state index contributed by atoms with van der Waals surface area (Å²) in [5.74, 6) is 0.0116. The standard InChI is InChI=1S/C24H30ClN3O4/c1-12-9-13(2)28-23(30)18(12)11-27-22(29)17-10-19(25)21-20(14(17)3)31-24(4,32-21)15-5-7-16(26)8-6-15/h9-10,15-16H,5-8,11,26H2,1-4H3,(H,27,29)(H,28,30)/t15?,16?,24-/m1/s1. The molecule has 0 bridgehead atoms. The van der Waals surface area contributed by atoms with Crippen LogP contribution in [-0.4, -0.2) is 22.7 Å². The second-order valence-electron chi connectivity index (χ2n) is 9.15. The monoisotopic (exact) mass is 459 g/mol. The molecule has 2 aromatic rings. The fourth-order valence-electron chi connectivity index (χ4n) is 4.76. The summed E-state index contributed by atoms with van der Waals surface area (Å²) in [5, 5.41) is 3.17. The second-order valence-corrected chi connectivity index (χ2v) is 9.55. The number of benzene rings is 1. The molecule has 1 atom stereocenters. The summed E-state index contributed by atoms with van der Waals surface area (Å²) in [6, 6.07) is 3.71. The number of nitrogens with one attached hydrogen (secondary N) is 2. The number of fused-ring (bicyclic) bond motifs is 1. The van der Waals surface area contributed by atoms with Crippen molar-refractivity contribution in [1.82, 2.24) is 10.3 Å². The highest BCUT2D eigenvalue weighted by atomic mass is 35.5. The average molecular weight is 460 g/mol. The molecule has 0 spiro atoms. The van der Waals surface area contributed by atoms with Gasteiger partial charge in [-0.3, -0.25) is 9.59 Å². The third-order valence-corrected chi connectivity index (χ3v) is 7.01. The number of amides is 1. The lowest BCUT2D eigenvalue weighted by atomic mass is 9.81. The van der Waals surface area contributed by atoms with Crippen LogP contribution in [0.4, 0.5) is 0 Å². The van der Waals surface area contributed by atoms with E-state index in [0.717, 1.165) is 36.9 Å². The smallest absolute Gasteiger partial charge is 0.253 e. The molecule has 8 heteroatoms. The number of hydrogen-bond acceptors (Lipinski definition) is 5. The first-order chi connectivity index (χ1) is 15.1. The van der Waals surface area contributed by atoms with Crippen molar-refractivity contribution in [3.8, 4) is 11.5 Å². The van der Waals surface area contributed by atoms with E-state index >= 15 is 0 Å². The summed E-state index contributed by atoms with van der Waals surface area (Å²) in [6.45, 7) is 7.54. The van der Waals surface area contributed by atoms with Crippen LogP contribution in [-0.2, 0) is 6.54 Å². The van der Waals surface area contributed by atoms with Crippen LogP contribution < -0.4 is 26.1 Å². The molecule has 7 nitrogen and oxygen atoms in total. The van der Waals surface area contributed by atoms with Crippen molar-refractivity contribution in [2.24, 2.45) is 11.7 Å². The summed E-state index contributed by atoms with van der Waals surface area (Å²) in [7, 11) is 0. The van der Waals surface area contributed by atoms with Crippen molar-refractivity contribution in [3.63, 3.8) is 0 Å². The molecule has 2 aliphatic rings. The van der Waals surface area contributed by atoms with E-state index in [1.165, 1.54) is 0 Å². The lowest BCUT2D eigenvalue weighted by Crippen LogP contribution is -2.46. The van der Waals surface area contributed by atoms with Crippen LogP contribution in [0.15, 0.2) is 16.9 Å². The SMILES string of the molecule is Cc1cc(C)c(CNC(=O)c2cc(Cl)c3c(c2C)O[C@@](C)(C2CCC(N)CC2)O3)c(=O)[nH]1. The molecule has 1 aliphatic heterocycles. The molecular formula is C24H30ClN3O4. The predicted octanol–water partition coefficient (Wildman–Crippen LogP) is 3.89. The first-order valence-electron chi connectivity index (χ1n) is 11.0. The van der Waals surface area contributed by atoms with Gasteiger partial charge < -0.3 is 25.5 Å². The number of carbonyl (C=O) groups is 1. The van der Waals surface area contributed by atoms with E-state index < -0.39 is 5.79 Å². The molecule has 4 N–H and O–H groups in total. The molecule has 2 heterocycles. The Labute approximate surface area is 192 Å². The number of aromatic nitrogens is 1. The highest BCUT2D eigenvalue weighted by Gasteiger charge is 2.47. The summed E-state index contributed by atoms with van der Waals surface area (Å²) >= 11 is 6.51. The van der Waals surface area contributed by atoms with E-state index in [9.17, 15) is 9.59 Å². The minimum atomic E-state index is -0.835. The van der Waals surface area contributed by atoms with E-state index in [4.69, 9.17) is 26.8 Å². The maximum atomic E-state index is 13.0. The topological polar surface area (TPSA) is 106 Å². The second kappa shape index (κ2) is 8.45. The number of carbonyl (C=O) groups excluding carboxylic acids is 1. The van der Waals surface area contributed by atoms with Gasteiger partial charge in [0.15, 0.2) is 11.5 Å². The Morgan fingerprint density at radius 1 is 1.19 bits per heavy atom. The van der Waals surface area contributed by atoms with Gasteiger partial charge >= 0.3 is 0 Å². The summed E-state index contributed by atoms with van der Waals surface area (Å²) in [4.78, 5) is 28.0. The van der Waals surface area contributed by atoms with Crippen LogP contribution in [0.25, 0.3) is 0 Å². The Morgan fingerprint density at radius 3 is 2.50 bits per heavy atom. The molecular weight excluding hydrogens is 430 g/mol. The quantitative estimate of drug-likeness (QED) is 0.643. The first kappa shape index (κ1) is 22.7. The van der Waals surface area contributed by atoms with Gasteiger partial charge in [-0.25, -0.2) is 0 Å². The first-order valence-corrected chi connectivity index (χ1v) is 11.4. The maximum Gasteiger partial charge on any atom is 0.253 e. The van der Waals surface area contributed by atoms with Crippen LogP contribution in [0, 0.1) is 26.7 Å². The van der Waals surface area contributed by atoms with Gasteiger partial charge in [-0.05, 0) is 64.2 Å². The van der Waals surface area contributed by atoms with Gasteiger partial charge in [0.25, 0.3) is 17.3 Å². The Hall–Kier alpha value is -2.51. The van der Waals surface area contributed by atoms with E-state index in [0.29, 0.717) is 33.2 Å². The molecule has 1 aromatic heterocycles. The van der Waals surface area contributed by atoms with E-state index in [-0.39, 0.29) is 30.0 Å². The van der Waals surface area contributed by atoms with Crippen LogP contribution in [0.2, 0.25) is 5.02 Å². The number of hydrogen-bond donors (Lipinski definition) is 3. The largest absolute Gasteiger partial charge is 0.448 e. The van der Waals surface area contributed by atoms with Crippen molar-refractivity contribution in [3.05, 3.63) is 55.5 Å². The zero-order valence-corrected chi connectivity index (χ0v) is 19.7. The van der Waals surface area contributed by atoms with Crippen molar-refractivity contribution < 1.29 is 14.3 Å². The molecule has 0 unspecified atom stereocenters. The number of rotatable bonds is 4. The predicted molar refractivity (Wildman–Crippen MR) is 123 cm³/mol. The minimum absolute atomic E-state index is 0.117. The van der Waals surface area contributed by atoms with E-state index in [1.54, 1.807) is 6.07 Å². The summed E-state index contributed by atoms with van der Waals surface area (Å²) in [5.41, 5.74) is 9.04. The molecule has 32 heavy (non-hydrogen) atoms. The highest BCUT2D eigenvalue weighted by molar-refractivity contribution is 6.33. The zero-order valence-electron chi connectivity index (χ0n) is 18.9. The maximum absolute atomic E-state index is 13.0. The lowest BCUT2D eigenvalue weighted by Gasteiger charge is -2.36. The van der Waals surface area contributed by atoms with Gasteiger partial charge in [0.05, 0.1) is 5.02 Å². The zero-order chi connectivity index (χ0) is 23.2. The van der Waals surface area contributed by atoms with Crippen LogP contribution in [0.3, 0.4) is 0 Å². The summed E-state index contributed by atoms with van der Waals surface area (Å²) < 4.78 is 12.5. The highest BCUT2D eigenvalue weighted by Crippen LogP contribution is 2.51. The van der Waals surface area contributed by atoms with Crippen LogP contribution in [0.5, 0.6) is 11.5 Å². The average Bonchev–Trinajstić information content (AvgIpc) is 3.10. The molecule has 172 valence electrons. The molecule has 4 rings (SSSR count). The third-order valence-electron chi connectivity index (χ3n) is 6.73. The van der Waals surface area contributed by atoms with E-state index in [1.807, 2.05) is 33.8 Å². The molecule has 1 aliphatic carbocycles. The van der Waals surface area contributed by atoms with Crippen molar-refractivity contribution in [1.29, 1.82) is 0 Å². The Balaban J connectivity index is 1.55. The number of aryl methyl sites for hydroxylation is 2. The normalized spacial score (nSPS) is 24.4. The van der Waals surface area contributed by atoms with Crippen molar-refractivity contribution in [2.45, 2.75) is 71.8 Å². The number of nitrogens with two attached hydrogens (primary N) is 1. The number of pyridine rings is 1. The van der Waals surface area contributed by atoms with Crippen LogP contribution >= 0.6 is 11.6 Å². The van der Waals surface area contributed by atoms with Gasteiger partial charge in [0.1, 0.15) is 0 Å². The number of aromatic amines is 1. The molecule has 1 saturated carbocycles. The fraction of sp³-hybridized carbons (Fsp3) is 0.500. The lowest BCUT2D eigenvalue weighted by molar-refractivity contribution is -0.120. The minimum Gasteiger partial charge on any atom is -0.448 e. The Morgan fingerprint density at radius 2 is 1.84 bits per heavy atom. The fourth-order valence-corrected chi connectivity index (χ4v) is 4.99. The number of halogens is 1. The Kier molecular flexibility index (Phi) is 5.98. The number of ether oxygens (including phenoxy) is 2. The molecule has 0 radical (unpaired) electrons. The molecule has 0 saturated heterocycles. The van der Waals surface area contributed by atoms with Gasteiger partial charge in [-0.15, -0.1) is 0 Å². The summed E-state index contributed by atoms with van der Waals surface area (Å²) in [6.07, 6.45) is 3.70. The van der Waals surface area contributed by atoms with Gasteiger partial charge in [0, 0.05) is 47.8 Å². The van der Waals surface area contributed by atoms with Gasteiger partial charge in [0.2, 0.25) is 0 Å². The van der Waals surface area contributed by atoms with Crippen molar-refractivity contribution >= 4 is 17.5 Å². The third kappa shape index (κ3) is 4.11. The van der Waals surface area contributed by atoms with Crippen LogP contribution in [0.1, 0.15) is 65.3 Å². The van der Waals surface area contributed by atoms with Gasteiger partial charge in [-0.1, -0.05) is 11.6 Å². The van der Waals surface area contributed by atoms with Crippen molar-refractivity contribution in [2.75, 3.05) is 0 Å².